The molecule has 31 heavy (non-hydrogen) atoms. The molecule has 0 aliphatic heterocycles. The maximum atomic E-state index is 13.3. The first-order valence-corrected chi connectivity index (χ1v) is 10.5. The largest absolute Gasteiger partial charge is 0.466 e. The van der Waals surface area contributed by atoms with Gasteiger partial charge in [-0.2, -0.15) is 0 Å². The van der Waals surface area contributed by atoms with E-state index in [0.29, 0.717) is 21.0 Å². The Bertz CT molecular complexity index is 1140. The molecule has 0 heterocycles. The van der Waals surface area contributed by atoms with Crippen molar-refractivity contribution in [3.8, 4) is 11.1 Å². The van der Waals surface area contributed by atoms with Gasteiger partial charge in [0.05, 0.1) is 36.0 Å². The zero-order valence-electron chi connectivity index (χ0n) is 17.0. The highest BCUT2D eigenvalue weighted by molar-refractivity contribution is 7.85. The van der Waals surface area contributed by atoms with E-state index in [2.05, 4.69) is 10.1 Å². The van der Waals surface area contributed by atoms with E-state index in [4.69, 9.17) is 4.74 Å². The molecule has 0 aliphatic carbocycles. The molecule has 1 N–H and O–H groups in total. The highest BCUT2D eigenvalue weighted by atomic mass is 32.2. The number of benzene rings is 3. The predicted molar refractivity (Wildman–Crippen MR) is 119 cm³/mol. The van der Waals surface area contributed by atoms with Crippen LogP contribution < -0.4 is 5.32 Å². The summed E-state index contributed by atoms with van der Waals surface area (Å²) in [5.41, 5.74) is 1.90. The number of methoxy groups -OCH3 is 2. The lowest BCUT2D eigenvalue weighted by atomic mass is 10.0. The number of ether oxygens (including phenoxy) is 2. The van der Waals surface area contributed by atoms with Crippen molar-refractivity contribution in [3.05, 3.63) is 90.6 Å². The lowest BCUT2D eigenvalue weighted by Gasteiger charge is -2.16. The van der Waals surface area contributed by atoms with Crippen LogP contribution in [0.3, 0.4) is 0 Å². The number of hydrogen-bond acceptors (Lipinski definition) is 6. The third-order valence-electron chi connectivity index (χ3n) is 4.40. The van der Waals surface area contributed by atoms with Crippen molar-refractivity contribution in [3.63, 3.8) is 0 Å². The molecule has 0 saturated carbocycles. The molecule has 0 amide bonds. The van der Waals surface area contributed by atoms with Crippen LogP contribution in [-0.2, 0) is 29.9 Å². The SMILES string of the molecule is COC(=O)/C=C(/Nc1ccccc1-c1ccccc1S(=O)c1ccccc1)C(=O)OC. The molecule has 1 unspecified atom stereocenters. The number of rotatable bonds is 7. The third-order valence-corrected chi connectivity index (χ3v) is 5.86. The van der Waals surface area contributed by atoms with Crippen molar-refractivity contribution in [2.45, 2.75) is 9.79 Å². The first-order valence-electron chi connectivity index (χ1n) is 9.35. The first-order chi connectivity index (χ1) is 15.0. The second-order valence-electron chi connectivity index (χ2n) is 6.32. The molecule has 0 bridgehead atoms. The number of carbonyl (C=O) groups is 2. The van der Waals surface area contributed by atoms with Gasteiger partial charge >= 0.3 is 11.9 Å². The van der Waals surface area contributed by atoms with E-state index in [-0.39, 0.29) is 5.70 Å². The molecule has 1 atom stereocenters. The van der Waals surface area contributed by atoms with E-state index in [1.807, 2.05) is 60.7 Å². The Kier molecular flexibility index (Phi) is 7.35. The number of hydrogen-bond donors (Lipinski definition) is 1. The lowest BCUT2D eigenvalue weighted by molar-refractivity contribution is -0.138. The zero-order chi connectivity index (χ0) is 22.2. The fraction of sp³-hybridized carbons (Fsp3) is 0.0833. The number of nitrogens with one attached hydrogen (secondary N) is 1. The van der Waals surface area contributed by atoms with Crippen LogP contribution in [-0.4, -0.2) is 30.4 Å². The summed E-state index contributed by atoms with van der Waals surface area (Å²) in [6, 6.07) is 23.7. The van der Waals surface area contributed by atoms with Gasteiger partial charge in [-0.25, -0.2) is 13.8 Å². The molecule has 3 rings (SSSR count). The second-order valence-corrected chi connectivity index (χ2v) is 7.77. The molecule has 158 valence electrons. The van der Waals surface area contributed by atoms with Crippen LogP contribution in [0.15, 0.2) is 100 Å². The van der Waals surface area contributed by atoms with Crippen LogP contribution in [0.5, 0.6) is 0 Å². The Morgan fingerprint density at radius 3 is 2.10 bits per heavy atom. The van der Waals surface area contributed by atoms with Crippen molar-refractivity contribution in [2.24, 2.45) is 0 Å². The number of carbonyl (C=O) groups excluding carboxylic acids is 2. The summed E-state index contributed by atoms with van der Waals surface area (Å²) in [5.74, 6) is -1.42. The fourth-order valence-corrected chi connectivity index (χ4v) is 4.16. The zero-order valence-corrected chi connectivity index (χ0v) is 17.8. The number of anilines is 1. The van der Waals surface area contributed by atoms with E-state index in [0.717, 1.165) is 11.6 Å². The molecule has 0 radical (unpaired) electrons. The summed E-state index contributed by atoms with van der Waals surface area (Å²) in [6.07, 6.45) is 1.02. The van der Waals surface area contributed by atoms with Gasteiger partial charge in [0.2, 0.25) is 0 Å². The normalized spacial score (nSPS) is 12.0. The van der Waals surface area contributed by atoms with Crippen LogP contribution in [0, 0.1) is 0 Å². The minimum atomic E-state index is -1.41. The topological polar surface area (TPSA) is 81.7 Å². The molecule has 7 heteroatoms. The van der Waals surface area contributed by atoms with Gasteiger partial charge < -0.3 is 14.8 Å². The Balaban J connectivity index is 2.07. The van der Waals surface area contributed by atoms with E-state index in [1.165, 1.54) is 14.2 Å². The average Bonchev–Trinajstić information content (AvgIpc) is 2.83. The van der Waals surface area contributed by atoms with Gasteiger partial charge in [-0.1, -0.05) is 54.6 Å². The standard InChI is InChI=1S/C24H21NO5S/c1-29-23(26)16-21(24(27)30-2)25-20-14-8-6-12-18(20)19-13-7-9-15-22(19)31(28)17-10-4-3-5-11-17/h3-16,25H,1-2H3/b21-16+. The first kappa shape index (κ1) is 22.0. The maximum Gasteiger partial charge on any atom is 0.354 e. The number of para-hydroxylation sites is 1. The van der Waals surface area contributed by atoms with Gasteiger partial charge in [0.1, 0.15) is 5.70 Å². The average molecular weight is 436 g/mol. The Hall–Kier alpha value is -3.71. The molecule has 0 fully saturated rings. The summed E-state index contributed by atoms with van der Waals surface area (Å²) in [7, 11) is 1.03. The minimum absolute atomic E-state index is 0.0801. The van der Waals surface area contributed by atoms with E-state index < -0.39 is 22.7 Å². The maximum absolute atomic E-state index is 13.3. The van der Waals surface area contributed by atoms with Crippen LogP contribution in [0.4, 0.5) is 5.69 Å². The second kappa shape index (κ2) is 10.4. The van der Waals surface area contributed by atoms with Gasteiger partial charge in [-0.15, -0.1) is 0 Å². The molecular formula is C24H21NO5S. The van der Waals surface area contributed by atoms with Gasteiger partial charge in [0, 0.05) is 21.7 Å². The van der Waals surface area contributed by atoms with Crippen LogP contribution in [0.25, 0.3) is 11.1 Å². The van der Waals surface area contributed by atoms with Crippen molar-refractivity contribution >= 4 is 28.4 Å². The van der Waals surface area contributed by atoms with Crippen molar-refractivity contribution in [1.82, 2.24) is 0 Å². The van der Waals surface area contributed by atoms with Crippen molar-refractivity contribution in [2.75, 3.05) is 19.5 Å². The third kappa shape index (κ3) is 5.26. The van der Waals surface area contributed by atoms with Gasteiger partial charge in [0.25, 0.3) is 0 Å². The Morgan fingerprint density at radius 2 is 1.42 bits per heavy atom. The molecule has 0 aliphatic rings. The minimum Gasteiger partial charge on any atom is -0.466 e. The molecule has 6 nitrogen and oxygen atoms in total. The molecule has 0 spiro atoms. The summed E-state index contributed by atoms with van der Waals surface area (Å²) < 4.78 is 22.7. The predicted octanol–water partition coefficient (Wildman–Crippen LogP) is 4.16. The molecular weight excluding hydrogens is 414 g/mol. The summed E-state index contributed by atoms with van der Waals surface area (Å²) >= 11 is 0. The molecule has 3 aromatic rings. The smallest absolute Gasteiger partial charge is 0.354 e. The van der Waals surface area contributed by atoms with Crippen LogP contribution in [0.2, 0.25) is 0 Å². The summed E-state index contributed by atoms with van der Waals surface area (Å²) in [6.45, 7) is 0. The van der Waals surface area contributed by atoms with Crippen LogP contribution >= 0.6 is 0 Å². The monoisotopic (exact) mass is 435 g/mol. The Labute approximate surface area is 183 Å². The van der Waals surface area contributed by atoms with E-state index in [1.54, 1.807) is 18.2 Å². The summed E-state index contributed by atoms with van der Waals surface area (Å²) in [5, 5.41) is 2.95. The van der Waals surface area contributed by atoms with Gasteiger partial charge in [-0.3, -0.25) is 0 Å². The van der Waals surface area contributed by atoms with Crippen LogP contribution in [0.1, 0.15) is 0 Å². The molecule has 3 aromatic carbocycles. The van der Waals surface area contributed by atoms with E-state index in [9.17, 15) is 13.8 Å². The van der Waals surface area contributed by atoms with E-state index >= 15 is 0 Å². The van der Waals surface area contributed by atoms with Gasteiger partial charge in [0.15, 0.2) is 0 Å². The molecule has 0 aromatic heterocycles. The van der Waals surface area contributed by atoms with Crippen molar-refractivity contribution in [1.29, 1.82) is 0 Å². The number of esters is 2. The molecule has 0 saturated heterocycles. The highest BCUT2D eigenvalue weighted by Gasteiger charge is 2.18. The van der Waals surface area contributed by atoms with Gasteiger partial charge in [-0.05, 0) is 24.3 Å². The lowest BCUT2D eigenvalue weighted by Crippen LogP contribution is -2.16. The quantitative estimate of drug-likeness (QED) is 0.443. The van der Waals surface area contributed by atoms with Crippen molar-refractivity contribution < 1.29 is 23.3 Å². The Morgan fingerprint density at radius 1 is 0.806 bits per heavy atom. The summed E-state index contributed by atoms with van der Waals surface area (Å²) in [4.78, 5) is 25.2. The fourth-order valence-electron chi connectivity index (χ4n) is 2.93. The highest BCUT2D eigenvalue weighted by Crippen LogP contribution is 2.34.